The van der Waals surface area contributed by atoms with Crippen LogP contribution in [0.1, 0.15) is 12.5 Å². The van der Waals surface area contributed by atoms with Gasteiger partial charge in [0.25, 0.3) is 0 Å². The van der Waals surface area contributed by atoms with Gasteiger partial charge in [0.1, 0.15) is 12.0 Å². The molecule has 0 saturated carbocycles. The minimum Gasteiger partial charge on any atom is -0.481 e. The maximum atomic E-state index is 12.6. The predicted octanol–water partition coefficient (Wildman–Crippen LogP) is -2.69. The Morgan fingerprint density at radius 3 is 2.06 bits per heavy atom. The van der Waals surface area contributed by atoms with Crippen LogP contribution in [0.5, 0.6) is 0 Å². The first-order valence-electron chi connectivity index (χ1n) is 9.74. The quantitative estimate of drug-likeness (QED) is 0.175. The molecule has 32 heavy (non-hydrogen) atoms. The molecule has 4 amide bonds. The van der Waals surface area contributed by atoms with E-state index < -0.39 is 60.4 Å². The fourth-order valence-electron chi connectivity index (χ4n) is 2.39. The van der Waals surface area contributed by atoms with Crippen LogP contribution in [0.15, 0.2) is 30.3 Å². The molecule has 0 saturated heterocycles. The standard InChI is InChI=1S/C20H27N5O7/c1-12(20(31)32)15(26)9-22-17(28)10-24-19(30)14(7-13-5-3-2-4-6-13)25-18(29)11-23-16(27)8-21/h2-6,12,14H,7-11,21H2,1H3,(H,22,28)(H,23,27)(H,24,30)(H,25,29)(H,31,32)/t12-,14+/m1/s1. The lowest BCUT2D eigenvalue weighted by Gasteiger charge is -2.19. The highest BCUT2D eigenvalue weighted by Crippen LogP contribution is 2.03. The highest BCUT2D eigenvalue weighted by atomic mass is 16.4. The molecular weight excluding hydrogens is 422 g/mol. The Balaban J connectivity index is 2.65. The number of amides is 4. The number of carbonyl (C=O) groups excluding carboxylic acids is 5. The van der Waals surface area contributed by atoms with Gasteiger partial charge in [0.05, 0.1) is 26.2 Å². The zero-order valence-electron chi connectivity index (χ0n) is 17.6. The SMILES string of the molecule is C[C@@H](C(=O)O)C(=O)CNC(=O)CNC(=O)[C@H](Cc1ccccc1)NC(=O)CNC(=O)CN. The summed E-state index contributed by atoms with van der Waals surface area (Å²) in [6, 6.07) is 7.78. The molecule has 0 aromatic heterocycles. The molecule has 0 radical (unpaired) electrons. The number of nitrogens with one attached hydrogen (secondary N) is 4. The molecule has 0 heterocycles. The molecule has 0 fully saturated rings. The zero-order chi connectivity index (χ0) is 24.1. The molecule has 0 unspecified atom stereocenters. The minimum atomic E-state index is -1.31. The second-order valence-corrected chi connectivity index (χ2v) is 6.81. The maximum absolute atomic E-state index is 12.6. The Kier molecular flexibility index (Phi) is 11.1. The Hall–Kier alpha value is -3.80. The zero-order valence-corrected chi connectivity index (χ0v) is 17.6. The normalized spacial score (nSPS) is 12.1. The summed E-state index contributed by atoms with van der Waals surface area (Å²) in [5, 5.41) is 18.1. The number of aliphatic carboxylic acids is 1. The molecule has 1 aromatic carbocycles. The third kappa shape index (κ3) is 9.80. The smallest absolute Gasteiger partial charge is 0.313 e. The molecule has 2 atom stereocenters. The fraction of sp³-hybridized carbons (Fsp3) is 0.400. The van der Waals surface area contributed by atoms with E-state index in [4.69, 9.17) is 10.8 Å². The number of nitrogens with two attached hydrogens (primary N) is 1. The third-order valence-corrected chi connectivity index (χ3v) is 4.30. The lowest BCUT2D eigenvalue weighted by molar-refractivity contribution is -0.145. The Labute approximate surface area is 184 Å². The summed E-state index contributed by atoms with van der Waals surface area (Å²) in [4.78, 5) is 70.1. The van der Waals surface area contributed by atoms with Crippen LogP contribution in [0.2, 0.25) is 0 Å². The molecular formula is C20H27N5O7. The average molecular weight is 449 g/mol. The predicted molar refractivity (Wildman–Crippen MR) is 112 cm³/mol. The highest BCUT2D eigenvalue weighted by molar-refractivity contribution is 6.00. The molecule has 7 N–H and O–H groups in total. The van der Waals surface area contributed by atoms with Crippen molar-refractivity contribution in [3.8, 4) is 0 Å². The van der Waals surface area contributed by atoms with Crippen molar-refractivity contribution in [3.05, 3.63) is 35.9 Å². The van der Waals surface area contributed by atoms with Crippen molar-refractivity contribution in [1.29, 1.82) is 0 Å². The maximum Gasteiger partial charge on any atom is 0.313 e. The summed E-state index contributed by atoms with van der Waals surface area (Å²) in [6.45, 7) is -0.444. The van der Waals surface area contributed by atoms with E-state index in [2.05, 4.69) is 21.3 Å². The van der Waals surface area contributed by atoms with Crippen molar-refractivity contribution in [3.63, 3.8) is 0 Å². The Bertz CT molecular complexity index is 844. The summed E-state index contributed by atoms with van der Waals surface area (Å²) in [7, 11) is 0. The molecule has 0 spiro atoms. The summed E-state index contributed by atoms with van der Waals surface area (Å²) >= 11 is 0. The number of carboxylic acid groups (broad SMARTS) is 1. The van der Waals surface area contributed by atoms with E-state index >= 15 is 0 Å². The van der Waals surface area contributed by atoms with E-state index in [9.17, 15) is 28.8 Å². The molecule has 174 valence electrons. The number of hydrogen-bond acceptors (Lipinski definition) is 7. The lowest BCUT2D eigenvalue weighted by atomic mass is 10.1. The van der Waals surface area contributed by atoms with Crippen LogP contribution in [-0.4, -0.2) is 72.7 Å². The molecule has 12 heteroatoms. The fourth-order valence-corrected chi connectivity index (χ4v) is 2.39. The van der Waals surface area contributed by atoms with Crippen LogP contribution in [0.25, 0.3) is 0 Å². The van der Waals surface area contributed by atoms with Gasteiger partial charge in [-0.05, 0) is 12.5 Å². The van der Waals surface area contributed by atoms with Crippen LogP contribution in [0, 0.1) is 5.92 Å². The van der Waals surface area contributed by atoms with Crippen molar-refractivity contribution in [2.75, 3.05) is 26.2 Å². The topological polar surface area (TPSA) is 197 Å². The number of hydrogen-bond donors (Lipinski definition) is 6. The van der Waals surface area contributed by atoms with E-state index in [0.29, 0.717) is 0 Å². The Morgan fingerprint density at radius 1 is 0.875 bits per heavy atom. The summed E-state index contributed by atoms with van der Waals surface area (Å²) in [5.41, 5.74) is 5.90. The van der Waals surface area contributed by atoms with E-state index in [-0.39, 0.29) is 19.5 Å². The molecule has 0 bridgehead atoms. The number of rotatable bonds is 13. The van der Waals surface area contributed by atoms with E-state index in [1.165, 1.54) is 6.92 Å². The molecule has 1 aromatic rings. The molecule has 0 aliphatic carbocycles. The van der Waals surface area contributed by atoms with E-state index in [0.717, 1.165) is 5.56 Å². The van der Waals surface area contributed by atoms with E-state index in [1.807, 2.05) is 0 Å². The Morgan fingerprint density at radius 2 is 1.47 bits per heavy atom. The van der Waals surface area contributed by atoms with Gasteiger partial charge in [0.15, 0.2) is 5.78 Å². The number of Topliss-reactive ketones (excluding diaryl/α,β-unsaturated/α-hetero) is 1. The van der Waals surface area contributed by atoms with Crippen molar-refractivity contribution < 1.29 is 33.9 Å². The first-order chi connectivity index (χ1) is 15.1. The molecule has 12 nitrogen and oxygen atoms in total. The van der Waals surface area contributed by atoms with E-state index in [1.54, 1.807) is 30.3 Å². The summed E-state index contributed by atoms with van der Waals surface area (Å²) in [5.74, 6) is -5.79. The number of carbonyl (C=O) groups is 6. The van der Waals surface area contributed by atoms with Gasteiger partial charge in [-0.25, -0.2) is 0 Å². The summed E-state index contributed by atoms with van der Waals surface area (Å²) in [6.07, 6.45) is 0.124. The van der Waals surface area contributed by atoms with Crippen LogP contribution in [-0.2, 0) is 35.2 Å². The number of carboxylic acids is 1. The van der Waals surface area contributed by atoms with Gasteiger partial charge in [-0.1, -0.05) is 30.3 Å². The molecule has 0 aliphatic heterocycles. The number of benzene rings is 1. The van der Waals surface area contributed by atoms with Gasteiger partial charge < -0.3 is 32.1 Å². The number of ketones is 1. The van der Waals surface area contributed by atoms with Crippen molar-refractivity contribution in [2.45, 2.75) is 19.4 Å². The van der Waals surface area contributed by atoms with Crippen LogP contribution < -0.4 is 27.0 Å². The van der Waals surface area contributed by atoms with Gasteiger partial charge >= 0.3 is 5.97 Å². The van der Waals surface area contributed by atoms with Crippen LogP contribution >= 0.6 is 0 Å². The van der Waals surface area contributed by atoms with Gasteiger partial charge in [-0.2, -0.15) is 0 Å². The highest BCUT2D eigenvalue weighted by Gasteiger charge is 2.23. The van der Waals surface area contributed by atoms with Gasteiger partial charge in [0, 0.05) is 6.42 Å². The van der Waals surface area contributed by atoms with Gasteiger partial charge in [0.2, 0.25) is 23.6 Å². The first-order valence-corrected chi connectivity index (χ1v) is 9.74. The lowest BCUT2D eigenvalue weighted by Crippen LogP contribution is -2.52. The molecule has 1 rings (SSSR count). The first kappa shape index (κ1) is 26.2. The van der Waals surface area contributed by atoms with Crippen molar-refractivity contribution in [1.82, 2.24) is 21.3 Å². The monoisotopic (exact) mass is 449 g/mol. The third-order valence-electron chi connectivity index (χ3n) is 4.30. The second kappa shape index (κ2) is 13.5. The van der Waals surface area contributed by atoms with Crippen LogP contribution in [0.3, 0.4) is 0 Å². The van der Waals surface area contributed by atoms with Crippen molar-refractivity contribution in [2.24, 2.45) is 11.7 Å². The second-order valence-electron chi connectivity index (χ2n) is 6.81. The largest absolute Gasteiger partial charge is 0.481 e. The molecule has 0 aliphatic rings. The van der Waals surface area contributed by atoms with Crippen molar-refractivity contribution >= 4 is 35.4 Å². The van der Waals surface area contributed by atoms with Gasteiger partial charge in [-0.15, -0.1) is 0 Å². The average Bonchev–Trinajstić information content (AvgIpc) is 2.78. The summed E-state index contributed by atoms with van der Waals surface area (Å²) < 4.78 is 0. The van der Waals surface area contributed by atoms with Gasteiger partial charge in [-0.3, -0.25) is 28.8 Å². The van der Waals surface area contributed by atoms with Crippen LogP contribution in [0.4, 0.5) is 0 Å². The minimum absolute atomic E-state index is 0.124.